The zero-order chi connectivity index (χ0) is 18.6. The first-order chi connectivity index (χ1) is 12.7. The molecule has 1 heterocycles. The highest BCUT2D eigenvalue weighted by molar-refractivity contribution is 5.79. The quantitative estimate of drug-likeness (QED) is 0.381. The van der Waals surface area contributed by atoms with Crippen LogP contribution in [0, 0.1) is 5.82 Å². The van der Waals surface area contributed by atoms with E-state index >= 15 is 0 Å². The van der Waals surface area contributed by atoms with Crippen LogP contribution in [0.15, 0.2) is 29.3 Å². The molecule has 1 aliphatic heterocycles. The Morgan fingerprint density at radius 3 is 2.62 bits per heavy atom. The third kappa shape index (κ3) is 8.04. The zero-order valence-corrected chi connectivity index (χ0v) is 16.1. The molecule has 0 saturated carbocycles. The number of halogens is 1. The second kappa shape index (κ2) is 11.7. The van der Waals surface area contributed by atoms with Gasteiger partial charge in [-0.05, 0) is 83.4 Å². The number of guanidine groups is 1. The predicted octanol–water partition coefficient (Wildman–Crippen LogP) is 3.02. The van der Waals surface area contributed by atoms with E-state index in [4.69, 9.17) is 4.74 Å². The number of nitrogens with one attached hydrogen (secondary N) is 2. The molecule has 1 aromatic rings. The molecule has 0 aliphatic carbocycles. The summed E-state index contributed by atoms with van der Waals surface area (Å²) < 4.78 is 18.7. The average Bonchev–Trinajstić information content (AvgIpc) is 3.15. The highest BCUT2D eigenvalue weighted by Gasteiger charge is 2.10. The first kappa shape index (κ1) is 20.5. The Labute approximate surface area is 157 Å². The highest BCUT2D eigenvalue weighted by atomic mass is 19.1. The minimum Gasteiger partial charge on any atom is -0.489 e. The largest absolute Gasteiger partial charge is 0.489 e. The highest BCUT2D eigenvalue weighted by Crippen LogP contribution is 2.13. The fourth-order valence-electron chi connectivity index (χ4n) is 3.02. The molecule has 26 heavy (non-hydrogen) atoms. The van der Waals surface area contributed by atoms with E-state index in [0.717, 1.165) is 25.5 Å². The molecule has 0 radical (unpaired) electrons. The molecule has 5 nitrogen and oxygen atoms in total. The molecule has 1 unspecified atom stereocenters. The van der Waals surface area contributed by atoms with Gasteiger partial charge in [-0.2, -0.15) is 0 Å². The van der Waals surface area contributed by atoms with Gasteiger partial charge < -0.3 is 20.3 Å². The van der Waals surface area contributed by atoms with E-state index in [1.54, 1.807) is 12.1 Å². The predicted molar refractivity (Wildman–Crippen MR) is 105 cm³/mol. The summed E-state index contributed by atoms with van der Waals surface area (Å²) in [7, 11) is 0. The summed E-state index contributed by atoms with van der Waals surface area (Å²) in [6.07, 6.45) is 4.99. The van der Waals surface area contributed by atoms with Gasteiger partial charge in [0, 0.05) is 13.1 Å². The standard InChI is InChI=1S/C20H33FN4O/c1-3-22-20(23-12-4-5-13-25-14-6-7-15-25)24-16-17(2)26-19-10-8-18(21)9-11-19/h8-11,17H,3-7,12-16H2,1-2H3,(H2,22,23,24). The lowest BCUT2D eigenvalue weighted by atomic mass is 10.3. The Morgan fingerprint density at radius 2 is 1.92 bits per heavy atom. The molecule has 0 amide bonds. The lowest BCUT2D eigenvalue weighted by Gasteiger charge is -2.16. The van der Waals surface area contributed by atoms with Crippen LogP contribution in [-0.4, -0.2) is 56.2 Å². The second-order valence-electron chi connectivity index (χ2n) is 6.78. The maximum Gasteiger partial charge on any atom is 0.191 e. The van der Waals surface area contributed by atoms with Crippen LogP contribution >= 0.6 is 0 Å². The normalized spacial score (nSPS) is 16.5. The number of unbranched alkanes of at least 4 members (excludes halogenated alkanes) is 1. The van der Waals surface area contributed by atoms with Gasteiger partial charge in [-0.1, -0.05) is 0 Å². The van der Waals surface area contributed by atoms with E-state index in [-0.39, 0.29) is 11.9 Å². The summed E-state index contributed by atoms with van der Waals surface area (Å²) in [4.78, 5) is 7.14. The van der Waals surface area contributed by atoms with Crippen molar-refractivity contribution in [2.45, 2.75) is 45.6 Å². The molecular weight excluding hydrogens is 331 g/mol. The van der Waals surface area contributed by atoms with Crippen molar-refractivity contribution in [1.82, 2.24) is 15.5 Å². The lowest BCUT2D eigenvalue weighted by molar-refractivity contribution is 0.230. The molecule has 1 atom stereocenters. The van der Waals surface area contributed by atoms with E-state index in [0.29, 0.717) is 12.3 Å². The number of likely N-dealkylation sites (tertiary alicyclic amines) is 1. The van der Waals surface area contributed by atoms with E-state index in [9.17, 15) is 4.39 Å². The monoisotopic (exact) mass is 364 g/mol. The summed E-state index contributed by atoms with van der Waals surface area (Å²) >= 11 is 0. The molecule has 1 fully saturated rings. The summed E-state index contributed by atoms with van der Waals surface area (Å²) in [5.41, 5.74) is 0. The first-order valence-electron chi connectivity index (χ1n) is 9.84. The number of aliphatic imine (C=N–C) groups is 1. The molecule has 0 bridgehead atoms. The summed E-state index contributed by atoms with van der Waals surface area (Å²) in [5.74, 6) is 1.23. The molecule has 0 spiro atoms. The van der Waals surface area contributed by atoms with Crippen LogP contribution in [0.3, 0.4) is 0 Å². The summed E-state index contributed by atoms with van der Waals surface area (Å²) in [5, 5.41) is 6.65. The molecule has 0 aromatic heterocycles. The first-order valence-corrected chi connectivity index (χ1v) is 9.84. The number of benzene rings is 1. The van der Waals surface area contributed by atoms with Gasteiger partial charge in [0.1, 0.15) is 17.7 Å². The Bertz CT molecular complexity index is 529. The Balaban J connectivity index is 1.66. The van der Waals surface area contributed by atoms with Gasteiger partial charge in [-0.3, -0.25) is 0 Å². The average molecular weight is 365 g/mol. The van der Waals surface area contributed by atoms with Crippen molar-refractivity contribution >= 4 is 5.96 Å². The van der Waals surface area contributed by atoms with Crippen LogP contribution in [0.4, 0.5) is 4.39 Å². The van der Waals surface area contributed by atoms with E-state index in [1.807, 2.05) is 6.92 Å². The SMILES string of the molecule is CCNC(=NCC(C)Oc1ccc(F)cc1)NCCCCN1CCCC1. The molecule has 1 saturated heterocycles. The number of ether oxygens (including phenoxy) is 1. The van der Waals surface area contributed by atoms with Gasteiger partial charge in [0.15, 0.2) is 5.96 Å². The molecule has 1 aromatic carbocycles. The van der Waals surface area contributed by atoms with Crippen molar-refractivity contribution in [2.24, 2.45) is 4.99 Å². The van der Waals surface area contributed by atoms with Crippen molar-refractivity contribution in [3.8, 4) is 5.75 Å². The Morgan fingerprint density at radius 1 is 1.19 bits per heavy atom. The second-order valence-corrected chi connectivity index (χ2v) is 6.78. The minimum atomic E-state index is -0.258. The van der Waals surface area contributed by atoms with Crippen LogP contribution < -0.4 is 15.4 Å². The van der Waals surface area contributed by atoms with E-state index in [1.165, 1.54) is 51.0 Å². The van der Waals surface area contributed by atoms with Crippen LogP contribution in [0.5, 0.6) is 5.75 Å². The zero-order valence-electron chi connectivity index (χ0n) is 16.1. The van der Waals surface area contributed by atoms with Gasteiger partial charge in [-0.25, -0.2) is 9.38 Å². The van der Waals surface area contributed by atoms with Crippen molar-refractivity contribution in [3.63, 3.8) is 0 Å². The maximum atomic E-state index is 12.9. The van der Waals surface area contributed by atoms with Crippen LogP contribution in [0.2, 0.25) is 0 Å². The molecule has 2 rings (SSSR count). The molecule has 1 aliphatic rings. The number of rotatable bonds is 10. The van der Waals surface area contributed by atoms with Gasteiger partial charge in [0.25, 0.3) is 0 Å². The smallest absolute Gasteiger partial charge is 0.191 e. The van der Waals surface area contributed by atoms with Gasteiger partial charge in [0.05, 0.1) is 6.54 Å². The van der Waals surface area contributed by atoms with Gasteiger partial charge in [0.2, 0.25) is 0 Å². The topological polar surface area (TPSA) is 48.9 Å². The van der Waals surface area contributed by atoms with E-state index < -0.39 is 0 Å². The fourth-order valence-corrected chi connectivity index (χ4v) is 3.02. The minimum absolute atomic E-state index is 0.0777. The van der Waals surface area contributed by atoms with Gasteiger partial charge in [-0.15, -0.1) is 0 Å². The number of hydrogen-bond acceptors (Lipinski definition) is 3. The number of nitrogens with zero attached hydrogens (tertiary/aromatic N) is 2. The lowest BCUT2D eigenvalue weighted by Crippen LogP contribution is -2.38. The van der Waals surface area contributed by atoms with Crippen molar-refractivity contribution in [2.75, 3.05) is 39.3 Å². The van der Waals surface area contributed by atoms with Crippen molar-refractivity contribution < 1.29 is 9.13 Å². The van der Waals surface area contributed by atoms with Crippen LogP contribution in [-0.2, 0) is 0 Å². The molecular formula is C20H33FN4O. The molecule has 6 heteroatoms. The van der Waals surface area contributed by atoms with Crippen LogP contribution in [0.25, 0.3) is 0 Å². The van der Waals surface area contributed by atoms with Crippen molar-refractivity contribution in [1.29, 1.82) is 0 Å². The third-order valence-electron chi connectivity index (χ3n) is 4.39. The van der Waals surface area contributed by atoms with E-state index in [2.05, 4.69) is 27.4 Å². The third-order valence-corrected chi connectivity index (χ3v) is 4.39. The van der Waals surface area contributed by atoms with Crippen LogP contribution in [0.1, 0.15) is 39.5 Å². The number of hydrogen-bond donors (Lipinski definition) is 2. The van der Waals surface area contributed by atoms with Gasteiger partial charge >= 0.3 is 0 Å². The Hall–Kier alpha value is -1.82. The summed E-state index contributed by atoms with van der Waals surface area (Å²) in [6, 6.07) is 6.08. The Kier molecular flexibility index (Phi) is 9.24. The fraction of sp³-hybridized carbons (Fsp3) is 0.650. The molecule has 2 N–H and O–H groups in total. The summed E-state index contributed by atoms with van der Waals surface area (Å²) in [6.45, 7) is 10.1. The van der Waals surface area contributed by atoms with Crippen molar-refractivity contribution in [3.05, 3.63) is 30.1 Å². The molecule has 146 valence electrons. The maximum absolute atomic E-state index is 12.9.